The van der Waals surface area contributed by atoms with Gasteiger partial charge in [-0.05, 0) is 36.1 Å². The third-order valence-electron chi connectivity index (χ3n) is 4.75. The third kappa shape index (κ3) is 3.35. The van der Waals surface area contributed by atoms with E-state index in [9.17, 15) is 13.6 Å². The molecular formula is C21H19F2N3O. The van der Waals surface area contributed by atoms with Gasteiger partial charge in [0.15, 0.2) is 5.78 Å². The van der Waals surface area contributed by atoms with Crippen LogP contribution in [-0.2, 0) is 6.42 Å². The Bertz CT molecular complexity index is 1010. The summed E-state index contributed by atoms with van der Waals surface area (Å²) >= 11 is 0. The third-order valence-corrected chi connectivity index (χ3v) is 4.75. The van der Waals surface area contributed by atoms with E-state index in [4.69, 9.17) is 0 Å². The van der Waals surface area contributed by atoms with Crippen LogP contribution in [0.2, 0.25) is 0 Å². The molecule has 0 saturated heterocycles. The summed E-state index contributed by atoms with van der Waals surface area (Å²) in [5.74, 6) is -1.35. The summed E-state index contributed by atoms with van der Waals surface area (Å²) in [4.78, 5) is 20.3. The molecule has 0 unspecified atom stereocenters. The van der Waals surface area contributed by atoms with E-state index in [1.165, 1.54) is 12.1 Å². The number of nitrogens with zero attached hydrogens (tertiary/aromatic N) is 1. The summed E-state index contributed by atoms with van der Waals surface area (Å²) in [7, 11) is 0. The number of H-pyrrole nitrogens is 1. The zero-order chi connectivity index (χ0) is 19.2. The number of aromatic amines is 1. The first kappa shape index (κ1) is 17.4. The van der Waals surface area contributed by atoms with Crippen LogP contribution in [0.4, 0.5) is 20.2 Å². The van der Waals surface area contributed by atoms with Gasteiger partial charge in [-0.15, -0.1) is 0 Å². The van der Waals surface area contributed by atoms with Gasteiger partial charge < -0.3 is 10.3 Å². The number of carbonyl (C=O) groups is 1. The van der Waals surface area contributed by atoms with E-state index < -0.39 is 11.6 Å². The first-order chi connectivity index (χ1) is 12.8. The summed E-state index contributed by atoms with van der Waals surface area (Å²) in [6.45, 7) is 4.10. The summed E-state index contributed by atoms with van der Waals surface area (Å²) in [6.07, 6.45) is 4.45. The van der Waals surface area contributed by atoms with Gasteiger partial charge in [-0.25, -0.2) is 8.78 Å². The molecule has 3 aromatic rings. The van der Waals surface area contributed by atoms with Crippen molar-refractivity contribution in [3.8, 4) is 11.3 Å². The molecule has 1 aliphatic carbocycles. The van der Waals surface area contributed by atoms with E-state index in [2.05, 4.69) is 29.1 Å². The number of Topliss-reactive ketones (excluding diaryl/α,β-unsaturated/α-hetero) is 1. The average Bonchev–Trinajstić information content (AvgIpc) is 2.91. The molecule has 0 radical (unpaired) electrons. The quantitative estimate of drug-likeness (QED) is 0.664. The van der Waals surface area contributed by atoms with Gasteiger partial charge in [0.05, 0.1) is 16.9 Å². The van der Waals surface area contributed by atoms with Crippen molar-refractivity contribution in [2.45, 2.75) is 26.7 Å². The second kappa shape index (κ2) is 6.30. The maximum absolute atomic E-state index is 13.6. The predicted octanol–water partition coefficient (Wildman–Crippen LogP) is 5.25. The van der Waals surface area contributed by atoms with Crippen LogP contribution in [0.3, 0.4) is 0 Å². The number of fused-ring (bicyclic) bond motifs is 1. The number of halogens is 2. The normalized spacial score (nSPS) is 15.5. The van der Waals surface area contributed by atoms with Gasteiger partial charge in [-0.3, -0.25) is 9.78 Å². The molecule has 2 heterocycles. The van der Waals surface area contributed by atoms with Crippen LogP contribution in [0, 0.1) is 17.0 Å². The Kier molecular flexibility index (Phi) is 4.06. The number of nitrogens with one attached hydrogen (secondary N) is 2. The molecule has 6 heteroatoms. The molecule has 1 aromatic carbocycles. The Balaban J connectivity index is 1.88. The zero-order valence-electron chi connectivity index (χ0n) is 15.1. The Morgan fingerprint density at radius 2 is 1.74 bits per heavy atom. The predicted molar refractivity (Wildman–Crippen MR) is 100 cm³/mol. The highest BCUT2D eigenvalue weighted by molar-refractivity contribution is 6.07. The molecule has 1 aliphatic rings. The standard InChI is InChI=1S/C21H19F2N3O/c1-21(2)10-16-18(17(27)11-21)20(19(26-16)12-3-5-24-6-4-12)25-15-8-13(22)7-14(23)9-15/h3-9,25-26H,10-11H2,1-2H3. The van der Waals surface area contributed by atoms with E-state index in [1.54, 1.807) is 12.4 Å². The minimum absolute atomic E-state index is 0.0113. The number of aromatic nitrogens is 2. The number of anilines is 2. The summed E-state index contributed by atoms with van der Waals surface area (Å²) in [5.41, 5.74) is 3.59. The monoisotopic (exact) mass is 367 g/mol. The van der Waals surface area contributed by atoms with Crippen molar-refractivity contribution in [2.24, 2.45) is 5.41 Å². The summed E-state index contributed by atoms with van der Waals surface area (Å²) < 4.78 is 27.3. The molecule has 0 aliphatic heterocycles. The van der Waals surface area contributed by atoms with Crippen molar-refractivity contribution in [2.75, 3.05) is 5.32 Å². The zero-order valence-corrected chi connectivity index (χ0v) is 15.1. The van der Waals surface area contributed by atoms with Crippen molar-refractivity contribution in [3.05, 3.63) is 65.6 Å². The molecule has 4 rings (SSSR count). The van der Waals surface area contributed by atoms with Gasteiger partial charge in [0.1, 0.15) is 11.6 Å². The molecule has 4 nitrogen and oxygen atoms in total. The molecule has 0 fully saturated rings. The number of benzene rings is 1. The lowest BCUT2D eigenvalue weighted by molar-refractivity contribution is 0.0912. The van der Waals surface area contributed by atoms with E-state index in [-0.39, 0.29) is 16.9 Å². The van der Waals surface area contributed by atoms with Gasteiger partial charge in [-0.1, -0.05) is 13.8 Å². The summed E-state index contributed by atoms with van der Waals surface area (Å²) in [5, 5.41) is 3.07. The van der Waals surface area contributed by atoms with Gasteiger partial charge in [0.25, 0.3) is 0 Å². The number of pyridine rings is 1. The molecular weight excluding hydrogens is 348 g/mol. The Hall–Kier alpha value is -3.02. The highest BCUT2D eigenvalue weighted by atomic mass is 19.1. The number of hydrogen-bond donors (Lipinski definition) is 2. The van der Waals surface area contributed by atoms with Crippen molar-refractivity contribution in [1.82, 2.24) is 9.97 Å². The van der Waals surface area contributed by atoms with Crippen molar-refractivity contribution < 1.29 is 13.6 Å². The number of ketones is 1. The van der Waals surface area contributed by atoms with Crippen molar-refractivity contribution in [1.29, 1.82) is 0 Å². The number of rotatable bonds is 3. The van der Waals surface area contributed by atoms with Gasteiger partial charge in [0, 0.05) is 41.8 Å². The van der Waals surface area contributed by atoms with Crippen LogP contribution in [0.15, 0.2) is 42.7 Å². The Labute approximate surface area is 155 Å². The number of hydrogen-bond acceptors (Lipinski definition) is 3. The largest absolute Gasteiger partial charge is 0.356 e. The first-order valence-electron chi connectivity index (χ1n) is 8.74. The molecule has 2 aromatic heterocycles. The maximum Gasteiger partial charge on any atom is 0.167 e. The fourth-order valence-electron chi connectivity index (χ4n) is 3.69. The van der Waals surface area contributed by atoms with Gasteiger partial charge >= 0.3 is 0 Å². The summed E-state index contributed by atoms with van der Waals surface area (Å²) in [6, 6.07) is 6.87. The van der Waals surface area contributed by atoms with Crippen LogP contribution in [-0.4, -0.2) is 15.8 Å². The smallest absolute Gasteiger partial charge is 0.167 e. The minimum atomic E-state index is -0.681. The molecule has 0 amide bonds. The van der Waals surface area contributed by atoms with Crippen molar-refractivity contribution in [3.63, 3.8) is 0 Å². The van der Waals surface area contributed by atoms with Crippen LogP contribution in [0.25, 0.3) is 11.3 Å². The molecule has 27 heavy (non-hydrogen) atoms. The second-order valence-corrected chi connectivity index (χ2v) is 7.69. The minimum Gasteiger partial charge on any atom is -0.356 e. The van der Waals surface area contributed by atoms with E-state index >= 15 is 0 Å². The Morgan fingerprint density at radius 1 is 1.07 bits per heavy atom. The molecule has 0 atom stereocenters. The van der Waals surface area contributed by atoms with Gasteiger partial charge in [0.2, 0.25) is 0 Å². The second-order valence-electron chi connectivity index (χ2n) is 7.69. The molecule has 2 N–H and O–H groups in total. The average molecular weight is 367 g/mol. The van der Waals surface area contributed by atoms with E-state index in [1.807, 2.05) is 12.1 Å². The molecule has 0 spiro atoms. The van der Waals surface area contributed by atoms with E-state index in [0.29, 0.717) is 29.8 Å². The first-order valence-corrected chi connectivity index (χ1v) is 8.74. The number of carbonyl (C=O) groups excluding carboxylic acids is 1. The maximum atomic E-state index is 13.6. The highest BCUT2D eigenvalue weighted by Gasteiger charge is 2.35. The fourth-order valence-corrected chi connectivity index (χ4v) is 3.69. The molecule has 0 bridgehead atoms. The lowest BCUT2D eigenvalue weighted by Crippen LogP contribution is -2.26. The van der Waals surface area contributed by atoms with Crippen LogP contribution >= 0.6 is 0 Å². The lowest BCUT2D eigenvalue weighted by Gasteiger charge is -2.28. The van der Waals surface area contributed by atoms with Crippen molar-refractivity contribution >= 4 is 17.2 Å². The van der Waals surface area contributed by atoms with E-state index in [0.717, 1.165) is 17.3 Å². The lowest BCUT2D eigenvalue weighted by atomic mass is 9.76. The molecule has 0 saturated carbocycles. The highest BCUT2D eigenvalue weighted by Crippen LogP contribution is 2.43. The van der Waals surface area contributed by atoms with Crippen LogP contribution in [0.5, 0.6) is 0 Å². The van der Waals surface area contributed by atoms with Crippen LogP contribution in [0.1, 0.15) is 36.3 Å². The Morgan fingerprint density at radius 3 is 2.41 bits per heavy atom. The molecule has 138 valence electrons. The topological polar surface area (TPSA) is 57.8 Å². The van der Waals surface area contributed by atoms with Gasteiger partial charge in [-0.2, -0.15) is 0 Å². The van der Waals surface area contributed by atoms with Crippen LogP contribution < -0.4 is 5.32 Å². The SMILES string of the molecule is CC1(C)CC(=O)c2c([nH]c(-c3ccncc3)c2Nc2cc(F)cc(F)c2)C1. The fraction of sp³-hybridized carbons (Fsp3) is 0.238.